The minimum absolute atomic E-state index is 0. The van der Waals surface area contributed by atoms with E-state index in [0.717, 1.165) is 0 Å². The molecule has 0 atom stereocenters. The number of hydrogen-bond acceptors (Lipinski definition) is 4. The molecular formula is C7H9ClN2O3. The highest BCUT2D eigenvalue weighted by Gasteiger charge is 2.02. The summed E-state index contributed by atoms with van der Waals surface area (Å²) in [6.07, 6.45) is 0. The van der Waals surface area contributed by atoms with E-state index in [2.05, 4.69) is 10.7 Å². The van der Waals surface area contributed by atoms with Gasteiger partial charge in [-0.25, -0.2) is 5.90 Å². The quantitative estimate of drug-likeness (QED) is 0.604. The lowest BCUT2D eigenvalue weighted by Gasteiger charge is -1.96. The molecule has 13 heavy (non-hydrogen) atoms. The SMILES string of the molecule is Cl.[2H]c1c([2H])c(C([2H])([2H])ON)c([2H])c([2H])c1[N+](=O)[O-]. The zero-order valence-electron chi connectivity index (χ0n) is 12.2. The fraction of sp³-hybridized carbons (Fsp3) is 0.143. The summed E-state index contributed by atoms with van der Waals surface area (Å²) in [6.45, 7) is -2.78. The van der Waals surface area contributed by atoms with Crippen molar-refractivity contribution in [2.24, 2.45) is 5.90 Å². The molecule has 0 aromatic heterocycles. The van der Waals surface area contributed by atoms with E-state index in [9.17, 15) is 10.1 Å². The average molecular weight is 211 g/mol. The van der Waals surface area contributed by atoms with Crippen molar-refractivity contribution in [3.63, 3.8) is 0 Å². The van der Waals surface area contributed by atoms with Gasteiger partial charge in [0, 0.05) is 12.1 Å². The smallest absolute Gasteiger partial charge is 0.269 e. The molecule has 1 rings (SSSR count). The molecule has 1 aromatic rings. The van der Waals surface area contributed by atoms with Gasteiger partial charge in [-0.15, -0.1) is 12.4 Å². The summed E-state index contributed by atoms with van der Waals surface area (Å²) in [6, 6.07) is -3.73. The third-order valence-electron chi connectivity index (χ3n) is 0.955. The second kappa shape index (κ2) is 5.47. The maximum atomic E-state index is 10.6. The van der Waals surface area contributed by atoms with Gasteiger partial charge in [0.25, 0.3) is 5.69 Å². The molecule has 0 fully saturated rings. The first-order valence-corrected chi connectivity index (χ1v) is 2.78. The Kier molecular flexibility index (Phi) is 2.06. The summed E-state index contributed by atoms with van der Waals surface area (Å²) in [5.41, 5.74) is -1.81. The molecule has 0 amide bonds. The molecule has 0 radical (unpaired) electrons. The van der Waals surface area contributed by atoms with Crippen molar-refractivity contribution >= 4 is 18.1 Å². The van der Waals surface area contributed by atoms with Crippen LogP contribution in [0.3, 0.4) is 0 Å². The third kappa shape index (κ3) is 3.37. The summed E-state index contributed by atoms with van der Waals surface area (Å²) in [7, 11) is 0. The molecule has 0 aliphatic rings. The molecule has 0 spiro atoms. The Morgan fingerprint density at radius 2 is 2.15 bits per heavy atom. The van der Waals surface area contributed by atoms with Gasteiger partial charge in [0.1, 0.15) is 0 Å². The first-order chi connectivity index (χ1) is 8.15. The van der Waals surface area contributed by atoms with Gasteiger partial charge in [0.2, 0.25) is 0 Å². The molecule has 0 aliphatic heterocycles. The Bertz CT molecular complexity index is 497. The molecule has 0 saturated carbocycles. The van der Waals surface area contributed by atoms with Gasteiger partial charge in [0.15, 0.2) is 0 Å². The van der Waals surface area contributed by atoms with Gasteiger partial charge in [0.05, 0.1) is 19.7 Å². The largest absolute Gasteiger partial charge is 0.300 e. The lowest BCUT2D eigenvalue weighted by molar-refractivity contribution is -0.384. The average Bonchev–Trinajstić information content (AvgIpc) is 2.26. The van der Waals surface area contributed by atoms with Gasteiger partial charge in [-0.2, -0.15) is 0 Å². The topological polar surface area (TPSA) is 78.4 Å². The van der Waals surface area contributed by atoms with E-state index in [1.807, 2.05) is 0 Å². The number of nitro benzene ring substituents is 1. The Morgan fingerprint density at radius 1 is 1.62 bits per heavy atom. The Hall–Kier alpha value is -1.17. The van der Waals surface area contributed by atoms with Crippen LogP contribution in [-0.4, -0.2) is 4.92 Å². The maximum Gasteiger partial charge on any atom is 0.269 e. The number of nitrogens with zero attached hydrogens (tertiary/aromatic N) is 1. The molecule has 0 heterocycles. The van der Waals surface area contributed by atoms with Crippen molar-refractivity contribution in [1.29, 1.82) is 0 Å². The molecule has 2 N–H and O–H groups in total. The van der Waals surface area contributed by atoms with Gasteiger partial charge >= 0.3 is 0 Å². The maximum absolute atomic E-state index is 10.6. The minimum Gasteiger partial charge on any atom is -0.300 e. The summed E-state index contributed by atoms with van der Waals surface area (Å²) in [5.74, 6) is 4.68. The van der Waals surface area contributed by atoms with Crippen LogP contribution in [0.5, 0.6) is 0 Å². The monoisotopic (exact) mass is 210 g/mol. The van der Waals surface area contributed by atoms with Crippen LogP contribution in [0.15, 0.2) is 24.2 Å². The summed E-state index contributed by atoms with van der Waals surface area (Å²) in [5, 5.41) is 10.6. The fourth-order valence-corrected chi connectivity index (χ4v) is 0.507. The lowest BCUT2D eigenvalue weighted by atomic mass is 10.2. The van der Waals surface area contributed by atoms with Crippen LogP contribution in [0.1, 0.15) is 13.8 Å². The lowest BCUT2D eigenvalue weighted by Crippen LogP contribution is -1.98. The van der Waals surface area contributed by atoms with Crippen molar-refractivity contribution in [1.82, 2.24) is 0 Å². The van der Waals surface area contributed by atoms with E-state index in [1.54, 1.807) is 0 Å². The Morgan fingerprint density at radius 3 is 2.54 bits per heavy atom. The van der Waals surface area contributed by atoms with E-state index in [-0.39, 0.29) is 12.4 Å². The molecule has 72 valence electrons. The normalized spacial score (nSPS) is 16.7. The van der Waals surface area contributed by atoms with E-state index >= 15 is 0 Å². The first kappa shape index (κ1) is 4.90. The van der Waals surface area contributed by atoms with Gasteiger partial charge < -0.3 is 0 Å². The molecule has 0 aliphatic carbocycles. The predicted molar refractivity (Wildman–Crippen MR) is 49.3 cm³/mol. The van der Waals surface area contributed by atoms with Crippen molar-refractivity contribution < 1.29 is 18.0 Å². The highest BCUT2D eigenvalue weighted by atomic mass is 35.5. The molecule has 0 unspecified atom stereocenters. The van der Waals surface area contributed by atoms with Gasteiger partial charge in [-0.05, 0) is 17.6 Å². The number of nitrogens with two attached hydrogens (primary N) is 1. The molecule has 6 heteroatoms. The van der Waals surface area contributed by atoms with Crippen molar-refractivity contribution in [3.05, 3.63) is 39.8 Å². The number of benzene rings is 1. The number of hydrogen-bond donors (Lipinski definition) is 1. The van der Waals surface area contributed by atoms with Crippen LogP contribution >= 0.6 is 12.4 Å². The summed E-state index contributed by atoms with van der Waals surface area (Å²) in [4.78, 5) is 13.5. The predicted octanol–water partition coefficient (Wildman–Crippen LogP) is 1.41. The van der Waals surface area contributed by atoms with Crippen molar-refractivity contribution in [3.8, 4) is 0 Å². The van der Waals surface area contributed by atoms with Crippen molar-refractivity contribution in [2.45, 2.75) is 6.56 Å². The Labute approximate surface area is 89.4 Å². The van der Waals surface area contributed by atoms with Crippen molar-refractivity contribution in [2.75, 3.05) is 0 Å². The van der Waals surface area contributed by atoms with Crippen LogP contribution in [0.4, 0.5) is 5.69 Å². The van der Waals surface area contributed by atoms with Crippen LogP contribution in [-0.2, 0) is 11.4 Å². The van der Waals surface area contributed by atoms with E-state index in [1.165, 1.54) is 0 Å². The van der Waals surface area contributed by atoms with Crippen LogP contribution < -0.4 is 5.90 Å². The standard InChI is InChI=1S/C7H8N2O3.ClH/c8-12-5-6-1-3-7(4-2-6)9(10)11;/h1-4H,5,8H2;1H/i1D,2D,3D,4D,5D2;. The second-order valence-electron chi connectivity index (χ2n) is 1.70. The van der Waals surface area contributed by atoms with Crippen LogP contribution in [0, 0.1) is 10.1 Å². The summed E-state index contributed by atoms with van der Waals surface area (Å²) < 4.78 is 44.3. The van der Waals surface area contributed by atoms with Crippen LogP contribution in [0.2, 0.25) is 0 Å². The van der Waals surface area contributed by atoms with Crippen LogP contribution in [0.25, 0.3) is 0 Å². The van der Waals surface area contributed by atoms with E-state index in [4.69, 9.17) is 8.22 Å². The first-order valence-electron chi connectivity index (χ1n) is 5.78. The number of halogens is 1. The zero-order chi connectivity index (χ0) is 14.2. The van der Waals surface area contributed by atoms with E-state index in [0.29, 0.717) is 0 Å². The third-order valence-corrected chi connectivity index (χ3v) is 0.955. The minimum atomic E-state index is -2.78. The number of rotatable bonds is 3. The molecule has 0 saturated heterocycles. The highest BCUT2D eigenvalue weighted by molar-refractivity contribution is 5.85. The molecule has 5 nitrogen and oxygen atoms in total. The summed E-state index contributed by atoms with van der Waals surface area (Å²) >= 11 is 0. The molecular weight excluding hydrogens is 196 g/mol. The van der Waals surface area contributed by atoms with Gasteiger partial charge in [-0.1, -0.05) is 0 Å². The second-order valence-corrected chi connectivity index (χ2v) is 1.70. The zero-order valence-corrected chi connectivity index (χ0v) is 6.97. The highest BCUT2D eigenvalue weighted by Crippen LogP contribution is 2.11. The Balaban J connectivity index is 0.00000324. The fourth-order valence-electron chi connectivity index (χ4n) is 0.507. The molecule has 1 aromatic carbocycles. The van der Waals surface area contributed by atoms with E-state index < -0.39 is 46.9 Å². The molecule has 0 bridgehead atoms. The number of nitro groups is 1. The van der Waals surface area contributed by atoms with Gasteiger partial charge in [-0.3, -0.25) is 15.0 Å².